The lowest BCUT2D eigenvalue weighted by atomic mass is 9.65. The molecule has 5 rings (SSSR count). The van der Waals surface area contributed by atoms with Crippen molar-refractivity contribution in [3.63, 3.8) is 0 Å². The summed E-state index contributed by atoms with van der Waals surface area (Å²) in [6.07, 6.45) is 4.10. The summed E-state index contributed by atoms with van der Waals surface area (Å²) < 4.78 is 4.79. The molecule has 2 aromatic carbocycles. The Bertz CT molecular complexity index is 1440. The van der Waals surface area contributed by atoms with Crippen molar-refractivity contribution in [1.82, 2.24) is 4.90 Å². The van der Waals surface area contributed by atoms with E-state index in [9.17, 15) is 19.5 Å². The third-order valence-corrected chi connectivity index (χ3v) is 11.5. The fourth-order valence-electron chi connectivity index (χ4n) is 7.54. The molecule has 6 atom stereocenters. The van der Waals surface area contributed by atoms with E-state index in [0.29, 0.717) is 18.0 Å². The normalized spacial score (nSPS) is 26.8. The zero-order valence-corrected chi connectivity index (χ0v) is 26.9. The Morgan fingerprint density at radius 1 is 1.09 bits per heavy atom. The predicted molar refractivity (Wildman–Crippen MR) is 176 cm³/mol. The molecule has 2 aromatic rings. The molecule has 1 N–H and O–H groups in total. The van der Waals surface area contributed by atoms with Crippen molar-refractivity contribution in [1.29, 1.82) is 0 Å². The van der Waals surface area contributed by atoms with Crippen LogP contribution in [-0.2, 0) is 14.4 Å². The van der Waals surface area contributed by atoms with Gasteiger partial charge in [0, 0.05) is 36.3 Å². The Morgan fingerprint density at radius 2 is 1.77 bits per heavy atom. The number of aryl methyl sites for hydroxylation is 2. The number of hydrogen-bond acceptors (Lipinski definition) is 6. The monoisotopic (exact) mass is 617 g/mol. The number of carbonyl (C=O) groups is 3. The zero-order chi connectivity index (χ0) is 31.8. The molecule has 2 bridgehead atoms. The first-order chi connectivity index (χ1) is 21.1. The first kappa shape index (κ1) is 31.9. The van der Waals surface area contributed by atoms with E-state index in [1.165, 1.54) is 0 Å². The summed E-state index contributed by atoms with van der Waals surface area (Å²) in [6.45, 7) is 16.6. The van der Waals surface area contributed by atoms with Crippen LogP contribution in [0.5, 0.6) is 5.75 Å². The number of rotatable bonds is 12. The van der Waals surface area contributed by atoms with E-state index in [1.807, 2.05) is 63.2 Å². The number of amides is 3. The van der Waals surface area contributed by atoms with Gasteiger partial charge < -0.3 is 24.5 Å². The zero-order valence-electron chi connectivity index (χ0n) is 26.1. The first-order valence-electron chi connectivity index (χ1n) is 15.4. The summed E-state index contributed by atoms with van der Waals surface area (Å²) in [5.41, 5.74) is 3.44. The third-order valence-electron chi connectivity index (χ3n) is 9.38. The van der Waals surface area contributed by atoms with Crippen LogP contribution >= 0.6 is 11.8 Å². The highest BCUT2D eigenvalue weighted by Crippen LogP contribution is 2.69. The summed E-state index contributed by atoms with van der Waals surface area (Å²) in [5, 5.41) is 9.97. The van der Waals surface area contributed by atoms with Gasteiger partial charge in [0.2, 0.25) is 11.8 Å². The number of aliphatic hydroxyl groups is 1. The van der Waals surface area contributed by atoms with Crippen molar-refractivity contribution >= 4 is 40.9 Å². The van der Waals surface area contributed by atoms with Gasteiger partial charge in [0.25, 0.3) is 5.91 Å². The number of β-amino-alcohol motifs (C(OH)–C–C–N with tert-alkyl or cyclic N) is 1. The molecule has 0 radical (unpaired) electrons. The molecule has 0 aromatic heterocycles. The van der Waals surface area contributed by atoms with E-state index in [4.69, 9.17) is 4.74 Å². The molecule has 3 aliphatic heterocycles. The number of benzene rings is 2. The van der Waals surface area contributed by atoms with Crippen molar-refractivity contribution in [3.05, 3.63) is 78.9 Å². The van der Waals surface area contributed by atoms with E-state index in [1.54, 1.807) is 38.6 Å². The second-order valence-corrected chi connectivity index (χ2v) is 13.5. The summed E-state index contributed by atoms with van der Waals surface area (Å²) in [4.78, 5) is 48.7. The Balaban J connectivity index is 1.56. The summed E-state index contributed by atoms with van der Waals surface area (Å²) >= 11 is 1.63. The van der Waals surface area contributed by atoms with Crippen molar-refractivity contribution < 1.29 is 24.2 Å². The highest BCUT2D eigenvalue weighted by molar-refractivity contribution is 8.02. The van der Waals surface area contributed by atoms with Crippen LogP contribution in [0.25, 0.3) is 0 Å². The fraction of sp³-hybridized carbons (Fsp3) is 0.457. The van der Waals surface area contributed by atoms with Gasteiger partial charge in [-0.3, -0.25) is 14.4 Å². The minimum absolute atomic E-state index is 0.00987. The minimum atomic E-state index is -0.826. The van der Waals surface area contributed by atoms with E-state index in [0.717, 1.165) is 23.2 Å². The van der Waals surface area contributed by atoms with Crippen molar-refractivity contribution in [2.75, 3.05) is 42.6 Å². The summed E-state index contributed by atoms with van der Waals surface area (Å²) in [6, 6.07) is 12.5. The molecule has 0 aliphatic carbocycles. The van der Waals surface area contributed by atoms with Gasteiger partial charge in [0.05, 0.1) is 29.8 Å². The number of nitrogens with zero attached hydrogens (tertiary/aromatic N) is 3. The highest BCUT2D eigenvalue weighted by atomic mass is 32.2. The Hall–Kier alpha value is -3.56. The average Bonchev–Trinajstić information content (AvgIpc) is 3.60. The van der Waals surface area contributed by atoms with Crippen LogP contribution in [0.4, 0.5) is 11.4 Å². The number of anilines is 2. The number of aliphatic hydroxyl groups excluding tert-OH is 1. The van der Waals surface area contributed by atoms with Gasteiger partial charge in [0.1, 0.15) is 11.8 Å². The molecular weight excluding hydrogens is 574 g/mol. The quantitative estimate of drug-likeness (QED) is 0.345. The molecule has 234 valence electrons. The lowest BCUT2D eigenvalue weighted by Gasteiger charge is -2.41. The van der Waals surface area contributed by atoms with E-state index in [-0.39, 0.29) is 55.1 Å². The van der Waals surface area contributed by atoms with Crippen LogP contribution in [0.2, 0.25) is 0 Å². The summed E-state index contributed by atoms with van der Waals surface area (Å²) in [5.74, 6) is -1.15. The molecule has 44 heavy (non-hydrogen) atoms. The molecule has 3 heterocycles. The maximum absolute atomic E-state index is 14.8. The van der Waals surface area contributed by atoms with Gasteiger partial charge in [-0.15, -0.1) is 24.9 Å². The number of likely N-dealkylation sites (tertiary alicyclic amines) is 1. The van der Waals surface area contributed by atoms with Gasteiger partial charge in [-0.2, -0.15) is 0 Å². The average molecular weight is 618 g/mol. The van der Waals surface area contributed by atoms with Crippen molar-refractivity contribution in [2.24, 2.45) is 17.8 Å². The molecule has 3 fully saturated rings. The Labute approximate surface area is 264 Å². The highest BCUT2D eigenvalue weighted by Gasteiger charge is 2.76. The van der Waals surface area contributed by atoms with E-state index >= 15 is 0 Å². The van der Waals surface area contributed by atoms with Crippen LogP contribution < -0.4 is 14.5 Å². The molecule has 8 nitrogen and oxygen atoms in total. The second-order valence-electron chi connectivity index (χ2n) is 12.0. The van der Waals surface area contributed by atoms with Crippen LogP contribution in [-0.4, -0.2) is 76.6 Å². The molecule has 3 amide bonds. The maximum Gasteiger partial charge on any atom is 0.251 e. The minimum Gasteiger partial charge on any atom is -0.494 e. The predicted octanol–water partition coefficient (Wildman–Crippen LogP) is 4.77. The number of thioether (sulfide) groups is 1. The molecule has 9 heteroatoms. The van der Waals surface area contributed by atoms with Crippen molar-refractivity contribution in [2.45, 2.75) is 50.2 Å². The number of fused-ring (bicyclic) bond motifs is 1. The number of ether oxygens (including phenoxy) is 1. The van der Waals surface area contributed by atoms with E-state index < -0.39 is 22.6 Å². The largest absolute Gasteiger partial charge is 0.494 e. The Kier molecular flexibility index (Phi) is 9.28. The van der Waals surface area contributed by atoms with Gasteiger partial charge in [-0.25, -0.2) is 0 Å². The van der Waals surface area contributed by atoms with Crippen LogP contribution in [0.3, 0.4) is 0 Å². The topological polar surface area (TPSA) is 90.4 Å². The molecule has 0 saturated carbocycles. The van der Waals surface area contributed by atoms with Gasteiger partial charge in [-0.05, 0) is 74.6 Å². The molecular formula is C35H43N3O5S. The lowest BCUT2D eigenvalue weighted by Crippen LogP contribution is -2.58. The number of hydrogen-bond donors (Lipinski definition) is 1. The van der Waals surface area contributed by atoms with Crippen molar-refractivity contribution in [3.8, 4) is 5.75 Å². The lowest BCUT2D eigenvalue weighted by molar-refractivity contribution is -0.139. The molecule has 3 saturated heterocycles. The SMILES string of the molecule is C=CCN(C(=O)[C@@H]1[C@H]2C(=O)N(CCO)C(C(=O)N(CC=C)c3cc(C)ccc3C)C23S[C@@H]1CC3C)c1ccc(OCC)cc1. The second kappa shape index (κ2) is 12.8. The molecule has 1 spiro atoms. The Morgan fingerprint density at radius 3 is 2.41 bits per heavy atom. The van der Waals surface area contributed by atoms with Gasteiger partial charge >= 0.3 is 0 Å². The summed E-state index contributed by atoms with van der Waals surface area (Å²) in [7, 11) is 0. The fourth-order valence-corrected chi connectivity index (χ4v) is 9.95. The standard InChI is InChI=1S/C35H43N3O5S/c1-7-16-36(25-12-14-26(15-13-25)43-9-3)32(40)29-28-21-24(6)35(44-28)30(29)33(41)38(18-19-39)31(35)34(42)37(17-8-2)27-20-22(4)10-11-23(27)5/h7-8,10-15,20,24,28-31,39H,1-2,9,16-19,21H2,3-6H3/t24?,28-,29+,30+,31?,35?/m1/s1. The number of carbonyl (C=O) groups excluding carboxylic acids is 3. The smallest absolute Gasteiger partial charge is 0.251 e. The van der Waals surface area contributed by atoms with Crippen LogP contribution in [0.15, 0.2) is 67.8 Å². The van der Waals surface area contributed by atoms with Crippen LogP contribution in [0, 0.1) is 31.6 Å². The maximum atomic E-state index is 14.8. The first-order valence-corrected chi connectivity index (χ1v) is 16.3. The van der Waals surface area contributed by atoms with Gasteiger partial charge in [-0.1, -0.05) is 31.2 Å². The van der Waals surface area contributed by atoms with Crippen LogP contribution in [0.1, 0.15) is 31.4 Å². The van der Waals surface area contributed by atoms with E-state index in [2.05, 4.69) is 20.1 Å². The van der Waals surface area contributed by atoms with Gasteiger partial charge in [0.15, 0.2) is 0 Å². The molecule has 3 unspecified atom stereocenters. The molecule has 3 aliphatic rings. The third kappa shape index (κ3) is 5.13.